The van der Waals surface area contributed by atoms with Gasteiger partial charge >= 0.3 is 0 Å². The number of aliphatic hydroxyl groups excluding tert-OH is 1. The third kappa shape index (κ3) is 7.11. The second-order valence-corrected chi connectivity index (χ2v) is 10.3. The third-order valence-corrected chi connectivity index (χ3v) is 7.63. The monoisotopic (exact) mass is 548 g/mol. The molecule has 1 saturated heterocycles. The predicted molar refractivity (Wildman–Crippen MR) is 151 cm³/mol. The number of rotatable bonds is 13. The summed E-state index contributed by atoms with van der Waals surface area (Å²) in [7, 11) is 1.62. The Labute approximate surface area is 234 Å². The van der Waals surface area contributed by atoms with Gasteiger partial charge in [-0.25, -0.2) is 4.39 Å². The number of benzene rings is 3. The molecule has 5 rings (SSSR count). The number of aliphatic hydroxyl groups is 1. The first-order valence-corrected chi connectivity index (χ1v) is 14.0. The first kappa shape index (κ1) is 27.9. The molecule has 0 bridgehead atoms. The van der Waals surface area contributed by atoms with Crippen LogP contribution < -0.4 is 14.2 Å². The van der Waals surface area contributed by atoms with Crippen molar-refractivity contribution >= 4 is 11.0 Å². The molecule has 1 aromatic heterocycles. The summed E-state index contributed by atoms with van der Waals surface area (Å²) in [4.78, 5) is 2.42. The first-order valence-electron chi connectivity index (χ1n) is 14.0. The Hall–Kier alpha value is -3.62. The SMILES string of the molecule is COc1c(OCCCCOc2ccc3cnoc3c2)cccc1[C@H](O)C1CCN(CCc2ccc(F)cc2)CC1. The molecule has 0 amide bonds. The summed E-state index contributed by atoms with van der Waals surface area (Å²) in [6, 6.07) is 18.1. The van der Waals surface area contributed by atoms with Crippen LogP contribution in [0.25, 0.3) is 11.0 Å². The standard InChI is InChI=1S/C32H37FN2O5/c1-37-32-28(31(36)24-14-17-35(18-15-24)16-13-23-7-10-26(33)11-8-23)5-4-6-29(32)39-20-3-2-19-38-27-12-9-25-22-34-40-30(25)21-27/h4-12,21-22,24,31,36H,2-3,13-20H2,1H3/t31-/m1/s1. The van der Waals surface area contributed by atoms with Gasteiger partial charge in [0.25, 0.3) is 0 Å². The number of unbranched alkanes of at least 4 members (excludes halogenated alkanes) is 1. The number of methoxy groups -OCH3 is 1. The molecule has 1 fully saturated rings. The summed E-state index contributed by atoms with van der Waals surface area (Å²) >= 11 is 0. The molecule has 0 aliphatic carbocycles. The largest absolute Gasteiger partial charge is 0.493 e. The van der Waals surface area contributed by atoms with Gasteiger partial charge in [-0.15, -0.1) is 0 Å². The van der Waals surface area contributed by atoms with Crippen LogP contribution in [0.4, 0.5) is 4.39 Å². The van der Waals surface area contributed by atoms with Gasteiger partial charge in [0.15, 0.2) is 17.1 Å². The second kappa shape index (κ2) is 13.6. The highest BCUT2D eigenvalue weighted by molar-refractivity contribution is 5.77. The summed E-state index contributed by atoms with van der Waals surface area (Å²) in [6.45, 7) is 3.88. The van der Waals surface area contributed by atoms with Crippen molar-refractivity contribution in [1.82, 2.24) is 10.1 Å². The maximum Gasteiger partial charge on any atom is 0.170 e. The van der Waals surface area contributed by atoms with Crippen LogP contribution in [0.15, 0.2) is 71.4 Å². The molecule has 1 N–H and O–H groups in total. The van der Waals surface area contributed by atoms with E-state index in [9.17, 15) is 9.50 Å². The van der Waals surface area contributed by atoms with Crippen molar-refractivity contribution in [2.45, 2.75) is 38.2 Å². The minimum Gasteiger partial charge on any atom is -0.493 e. The summed E-state index contributed by atoms with van der Waals surface area (Å²) in [5.74, 6) is 1.96. The van der Waals surface area contributed by atoms with Crippen LogP contribution in [0.2, 0.25) is 0 Å². The molecular weight excluding hydrogens is 511 g/mol. The molecule has 0 radical (unpaired) electrons. The molecule has 1 aliphatic rings. The normalized spacial score (nSPS) is 15.3. The lowest BCUT2D eigenvalue weighted by Gasteiger charge is -2.34. The molecule has 1 aliphatic heterocycles. The fourth-order valence-electron chi connectivity index (χ4n) is 5.29. The molecule has 7 nitrogen and oxygen atoms in total. The molecule has 3 aromatic carbocycles. The predicted octanol–water partition coefficient (Wildman–Crippen LogP) is 6.20. The fraction of sp³-hybridized carbons (Fsp3) is 0.406. The smallest absolute Gasteiger partial charge is 0.170 e. The number of nitrogens with zero attached hydrogens (tertiary/aromatic N) is 2. The summed E-state index contributed by atoms with van der Waals surface area (Å²) in [6.07, 6.45) is 5.42. The maximum absolute atomic E-state index is 13.1. The van der Waals surface area contributed by atoms with Crippen LogP contribution in [0.3, 0.4) is 0 Å². The van der Waals surface area contributed by atoms with Gasteiger partial charge in [-0.3, -0.25) is 0 Å². The lowest BCUT2D eigenvalue weighted by Crippen LogP contribution is -2.36. The van der Waals surface area contributed by atoms with Crippen LogP contribution in [-0.4, -0.2) is 55.1 Å². The van der Waals surface area contributed by atoms with Crippen molar-refractivity contribution in [3.05, 3.63) is 83.8 Å². The van der Waals surface area contributed by atoms with Gasteiger partial charge in [-0.05, 0) is 87.0 Å². The van der Waals surface area contributed by atoms with E-state index in [2.05, 4.69) is 10.1 Å². The molecular formula is C32H37FN2O5. The van der Waals surface area contributed by atoms with Crippen molar-refractivity contribution in [3.8, 4) is 17.2 Å². The van der Waals surface area contributed by atoms with E-state index in [0.717, 1.165) is 74.0 Å². The highest BCUT2D eigenvalue weighted by Crippen LogP contribution is 2.40. The summed E-state index contributed by atoms with van der Waals surface area (Å²) in [5.41, 5.74) is 2.63. The molecule has 4 aromatic rings. The Kier molecular flexibility index (Phi) is 9.52. The second-order valence-electron chi connectivity index (χ2n) is 10.3. The van der Waals surface area contributed by atoms with E-state index in [1.54, 1.807) is 13.3 Å². The number of piperidine rings is 1. The zero-order chi connectivity index (χ0) is 27.7. The number of hydrogen-bond acceptors (Lipinski definition) is 7. The minimum absolute atomic E-state index is 0.152. The van der Waals surface area contributed by atoms with E-state index in [1.165, 1.54) is 12.1 Å². The van der Waals surface area contributed by atoms with Gasteiger partial charge in [0, 0.05) is 23.6 Å². The number of likely N-dealkylation sites (tertiary alicyclic amines) is 1. The Morgan fingerprint density at radius 2 is 1.80 bits per heavy atom. The fourth-order valence-corrected chi connectivity index (χ4v) is 5.29. The van der Waals surface area contributed by atoms with E-state index in [-0.39, 0.29) is 11.7 Å². The highest BCUT2D eigenvalue weighted by atomic mass is 19.1. The zero-order valence-corrected chi connectivity index (χ0v) is 22.9. The van der Waals surface area contributed by atoms with Crippen molar-refractivity contribution in [2.75, 3.05) is 40.0 Å². The molecule has 8 heteroatoms. The molecule has 212 valence electrons. The van der Waals surface area contributed by atoms with E-state index >= 15 is 0 Å². The van der Waals surface area contributed by atoms with Gasteiger partial charge < -0.3 is 28.7 Å². The van der Waals surface area contributed by atoms with E-state index < -0.39 is 6.10 Å². The van der Waals surface area contributed by atoms with Crippen LogP contribution >= 0.6 is 0 Å². The molecule has 0 unspecified atom stereocenters. The number of fused-ring (bicyclic) bond motifs is 1. The van der Waals surface area contributed by atoms with Gasteiger partial charge in [0.2, 0.25) is 0 Å². The lowest BCUT2D eigenvalue weighted by atomic mass is 9.87. The Morgan fingerprint density at radius 3 is 2.58 bits per heavy atom. The zero-order valence-electron chi connectivity index (χ0n) is 22.9. The van der Waals surface area contributed by atoms with Gasteiger partial charge in [0.05, 0.1) is 32.6 Å². The maximum atomic E-state index is 13.1. The highest BCUT2D eigenvalue weighted by Gasteiger charge is 2.29. The number of aromatic nitrogens is 1. The van der Waals surface area contributed by atoms with Crippen molar-refractivity contribution in [1.29, 1.82) is 0 Å². The summed E-state index contributed by atoms with van der Waals surface area (Å²) in [5, 5.41) is 16.0. The van der Waals surface area contributed by atoms with Gasteiger partial charge in [-0.1, -0.05) is 29.4 Å². The van der Waals surface area contributed by atoms with Crippen molar-refractivity contribution < 1.29 is 28.2 Å². The van der Waals surface area contributed by atoms with Crippen LogP contribution in [0.1, 0.15) is 42.9 Å². The molecule has 2 heterocycles. The van der Waals surface area contributed by atoms with E-state index in [0.29, 0.717) is 30.3 Å². The average Bonchev–Trinajstić information content (AvgIpc) is 3.46. The number of hydrogen-bond donors (Lipinski definition) is 1. The Balaban J connectivity index is 1.06. The van der Waals surface area contributed by atoms with Crippen LogP contribution in [-0.2, 0) is 6.42 Å². The van der Waals surface area contributed by atoms with E-state index in [1.807, 2.05) is 48.5 Å². The van der Waals surface area contributed by atoms with Crippen molar-refractivity contribution in [2.24, 2.45) is 5.92 Å². The number of halogens is 1. The molecule has 0 saturated carbocycles. The van der Waals surface area contributed by atoms with Gasteiger partial charge in [-0.2, -0.15) is 0 Å². The average molecular weight is 549 g/mol. The first-order chi connectivity index (χ1) is 19.6. The molecule has 40 heavy (non-hydrogen) atoms. The van der Waals surface area contributed by atoms with Crippen molar-refractivity contribution in [3.63, 3.8) is 0 Å². The number of para-hydroxylation sites is 1. The topological polar surface area (TPSA) is 77.2 Å². The van der Waals surface area contributed by atoms with Crippen LogP contribution in [0.5, 0.6) is 17.2 Å². The number of ether oxygens (including phenoxy) is 3. The molecule has 0 spiro atoms. The lowest BCUT2D eigenvalue weighted by molar-refractivity contribution is 0.0572. The van der Waals surface area contributed by atoms with E-state index in [4.69, 9.17) is 18.7 Å². The minimum atomic E-state index is -0.618. The molecule has 1 atom stereocenters. The van der Waals surface area contributed by atoms with Crippen LogP contribution in [0, 0.1) is 11.7 Å². The Morgan fingerprint density at radius 1 is 1.02 bits per heavy atom. The summed E-state index contributed by atoms with van der Waals surface area (Å²) < 4.78 is 35.9. The third-order valence-electron chi connectivity index (χ3n) is 7.63. The Bertz CT molecular complexity index is 1350. The van der Waals surface area contributed by atoms with Gasteiger partial charge in [0.1, 0.15) is 11.6 Å². The quantitative estimate of drug-likeness (QED) is 0.199.